The first-order chi connectivity index (χ1) is 13.8. The molecule has 1 fully saturated rings. The molecule has 0 N–H and O–H groups in total. The summed E-state index contributed by atoms with van der Waals surface area (Å²) in [6, 6.07) is 10.8. The zero-order valence-corrected chi connectivity index (χ0v) is 18.9. The first-order valence-corrected chi connectivity index (χ1v) is 12.6. The van der Waals surface area contributed by atoms with Gasteiger partial charge in [-0.3, -0.25) is 8.98 Å². The Kier molecular flexibility index (Phi) is 5.98. The van der Waals surface area contributed by atoms with Crippen molar-refractivity contribution in [3.05, 3.63) is 42.5 Å². The van der Waals surface area contributed by atoms with Crippen LogP contribution in [0.25, 0.3) is 10.8 Å². The van der Waals surface area contributed by atoms with Crippen molar-refractivity contribution in [3.63, 3.8) is 0 Å². The number of hydrogen-bond donors (Lipinski definition) is 0. The fourth-order valence-corrected chi connectivity index (χ4v) is 5.69. The number of esters is 1. The van der Waals surface area contributed by atoms with Crippen LogP contribution in [-0.4, -0.2) is 57.7 Å². The molecule has 0 aliphatic carbocycles. The van der Waals surface area contributed by atoms with Crippen molar-refractivity contribution in [1.82, 2.24) is 4.31 Å². The molecule has 0 radical (unpaired) electrons. The molecule has 2 aromatic rings. The minimum Gasteiger partial charge on any atom is -0.459 e. The molecule has 164 valence electrons. The van der Waals surface area contributed by atoms with Gasteiger partial charge in [-0.25, -0.2) is 8.42 Å². The number of carbonyl (C=O) groups is 1. The molecule has 8 nitrogen and oxygen atoms in total. The summed E-state index contributed by atoms with van der Waals surface area (Å²) in [6.07, 6.45) is -0.210. The van der Waals surface area contributed by atoms with Gasteiger partial charge >= 0.3 is 5.97 Å². The highest BCUT2D eigenvalue weighted by atomic mass is 32.2. The summed E-state index contributed by atoms with van der Waals surface area (Å²) in [4.78, 5) is 12.7. The van der Waals surface area contributed by atoms with Gasteiger partial charge in [0.15, 0.2) is 0 Å². The summed E-state index contributed by atoms with van der Waals surface area (Å²) in [5.74, 6) is -0.744. The van der Waals surface area contributed by atoms with E-state index in [0.717, 1.165) is 21.3 Å². The van der Waals surface area contributed by atoms with Crippen molar-refractivity contribution in [3.8, 4) is 0 Å². The van der Waals surface area contributed by atoms with Gasteiger partial charge in [-0.2, -0.15) is 12.7 Å². The van der Waals surface area contributed by atoms with Gasteiger partial charge in [0.2, 0.25) is 10.0 Å². The average molecular weight is 456 g/mol. The minimum absolute atomic E-state index is 0.00904. The van der Waals surface area contributed by atoms with E-state index in [0.29, 0.717) is 0 Å². The Labute approximate surface area is 177 Å². The molecular weight excluding hydrogens is 430 g/mol. The summed E-state index contributed by atoms with van der Waals surface area (Å²) >= 11 is 0. The second kappa shape index (κ2) is 7.92. The Morgan fingerprint density at radius 3 is 2.27 bits per heavy atom. The minimum atomic E-state index is -4.11. The quantitative estimate of drug-likeness (QED) is 0.503. The van der Waals surface area contributed by atoms with E-state index in [2.05, 4.69) is 0 Å². The van der Waals surface area contributed by atoms with E-state index in [1.807, 2.05) is 12.1 Å². The van der Waals surface area contributed by atoms with Crippen molar-refractivity contribution < 1.29 is 30.6 Å². The number of nitrogens with zero attached hydrogens (tertiary/aromatic N) is 1. The summed E-state index contributed by atoms with van der Waals surface area (Å²) in [7, 11) is -7.94. The van der Waals surface area contributed by atoms with Crippen LogP contribution in [0.3, 0.4) is 0 Å². The summed E-state index contributed by atoms with van der Waals surface area (Å²) in [5, 5.41) is 1.61. The standard InChI is InChI=1S/C20H25NO7S2/c1-20(2,3)27-19(22)18-12-16(28-29(4,23)24)13-21(18)30(25,26)17-10-9-14-7-5-6-8-15(14)11-17/h5-11,16,18H,12-13H2,1-4H3/t16-,18?/m0/s1. The van der Waals surface area contributed by atoms with Crippen LogP contribution >= 0.6 is 0 Å². The van der Waals surface area contributed by atoms with Crippen LogP contribution < -0.4 is 0 Å². The van der Waals surface area contributed by atoms with Gasteiger partial charge in [0, 0.05) is 13.0 Å². The van der Waals surface area contributed by atoms with Crippen molar-refractivity contribution >= 4 is 36.9 Å². The fourth-order valence-electron chi connectivity index (χ4n) is 3.40. The average Bonchev–Trinajstić information content (AvgIpc) is 3.03. The molecule has 0 aromatic heterocycles. The van der Waals surface area contributed by atoms with Gasteiger partial charge < -0.3 is 4.74 Å². The van der Waals surface area contributed by atoms with Gasteiger partial charge in [-0.05, 0) is 43.7 Å². The van der Waals surface area contributed by atoms with Gasteiger partial charge in [-0.15, -0.1) is 0 Å². The molecule has 2 atom stereocenters. The highest BCUT2D eigenvalue weighted by molar-refractivity contribution is 7.89. The highest BCUT2D eigenvalue weighted by Gasteiger charge is 2.47. The molecule has 1 aliphatic heterocycles. The Morgan fingerprint density at radius 1 is 1.03 bits per heavy atom. The predicted octanol–water partition coefficient (Wildman–Crippen LogP) is 2.29. The van der Waals surface area contributed by atoms with Crippen LogP contribution in [0, 0.1) is 0 Å². The monoisotopic (exact) mass is 455 g/mol. The van der Waals surface area contributed by atoms with Crippen LogP contribution in [0.1, 0.15) is 27.2 Å². The lowest BCUT2D eigenvalue weighted by Crippen LogP contribution is -2.43. The Morgan fingerprint density at radius 2 is 1.67 bits per heavy atom. The van der Waals surface area contributed by atoms with E-state index in [-0.39, 0.29) is 17.9 Å². The van der Waals surface area contributed by atoms with Gasteiger partial charge in [0.05, 0.1) is 17.3 Å². The van der Waals surface area contributed by atoms with Crippen molar-refractivity contribution in [2.24, 2.45) is 0 Å². The van der Waals surface area contributed by atoms with Crippen LogP contribution in [0.5, 0.6) is 0 Å². The number of ether oxygens (including phenoxy) is 1. The van der Waals surface area contributed by atoms with E-state index in [1.54, 1.807) is 39.0 Å². The number of fused-ring (bicyclic) bond motifs is 1. The number of sulfonamides is 1. The lowest BCUT2D eigenvalue weighted by Gasteiger charge is -2.26. The highest BCUT2D eigenvalue weighted by Crippen LogP contribution is 2.31. The molecule has 0 bridgehead atoms. The summed E-state index contributed by atoms with van der Waals surface area (Å²) in [6.45, 7) is 4.75. The third-order valence-electron chi connectivity index (χ3n) is 4.53. The van der Waals surface area contributed by atoms with Crippen LogP contribution in [0.2, 0.25) is 0 Å². The zero-order chi connectivity index (χ0) is 22.3. The normalized spacial score (nSPS) is 21.1. The lowest BCUT2D eigenvalue weighted by molar-refractivity contribution is -0.158. The van der Waals surface area contributed by atoms with Gasteiger partial charge in [0.25, 0.3) is 10.1 Å². The van der Waals surface area contributed by atoms with Crippen molar-refractivity contribution in [1.29, 1.82) is 0 Å². The van der Waals surface area contributed by atoms with Crippen molar-refractivity contribution in [2.45, 2.75) is 49.8 Å². The lowest BCUT2D eigenvalue weighted by atomic mass is 10.1. The predicted molar refractivity (Wildman–Crippen MR) is 112 cm³/mol. The van der Waals surface area contributed by atoms with E-state index < -0.39 is 43.9 Å². The maximum absolute atomic E-state index is 13.4. The van der Waals surface area contributed by atoms with Crippen LogP contribution in [0.15, 0.2) is 47.4 Å². The molecule has 0 amide bonds. The smallest absolute Gasteiger partial charge is 0.325 e. The van der Waals surface area contributed by atoms with E-state index in [1.165, 1.54) is 12.1 Å². The maximum atomic E-state index is 13.4. The molecule has 2 aromatic carbocycles. The molecule has 10 heteroatoms. The molecule has 3 rings (SSSR count). The van der Waals surface area contributed by atoms with E-state index in [4.69, 9.17) is 8.92 Å². The maximum Gasteiger partial charge on any atom is 0.325 e. The molecule has 0 saturated carbocycles. The SMILES string of the molecule is CC(C)(C)OC(=O)C1C[C@H](OS(C)(=O)=O)CN1S(=O)(=O)c1ccc2ccccc2c1. The molecule has 0 spiro atoms. The zero-order valence-electron chi connectivity index (χ0n) is 17.2. The number of rotatable bonds is 5. The number of hydrogen-bond acceptors (Lipinski definition) is 7. The molecule has 1 heterocycles. The molecule has 30 heavy (non-hydrogen) atoms. The second-order valence-corrected chi connectivity index (χ2v) is 11.8. The Bertz CT molecular complexity index is 1170. The largest absolute Gasteiger partial charge is 0.459 e. The molecule has 1 unspecified atom stereocenters. The van der Waals surface area contributed by atoms with Gasteiger partial charge in [-0.1, -0.05) is 30.3 Å². The number of carbonyl (C=O) groups excluding carboxylic acids is 1. The first-order valence-electron chi connectivity index (χ1n) is 9.38. The van der Waals surface area contributed by atoms with E-state index >= 15 is 0 Å². The topological polar surface area (TPSA) is 107 Å². The Balaban J connectivity index is 1.99. The first kappa shape index (κ1) is 22.7. The van der Waals surface area contributed by atoms with Crippen LogP contribution in [-0.2, 0) is 33.9 Å². The molecule has 1 aliphatic rings. The Hall–Kier alpha value is -2.01. The van der Waals surface area contributed by atoms with Gasteiger partial charge in [0.1, 0.15) is 11.6 Å². The second-order valence-electron chi connectivity index (χ2n) is 8.29. The van der Waals surface area contributed by atoms with Crippen molar-refractivity contribution in [2.75, 3.05) is 12.8 Å². The third kappa shape index (κ3) is 5.18. The van der Waals surface area contributed by atoms with Crippen LogP contribution in [0.4, 0.5) is 0 Å². The molecular formula is C20H25NO7S2. The fraction of sp³-hybridized carbons (Fsp3) is 0.450. The third-order valence-corrected chi connectivity index (χ3v) is 7.03. The summed E-state index contributed by atoms with van der Waals surface area (Å²) in [5.41, 5.74) is -0.828. The summed E-state index contributed by atoms with van der Waals surface area (Å²) < 4.78 is 61.2. The molecule has 1 saturated heterocycles. The number of benzene rings is 2. The van der Waals surface area contributed by atoms with E-state index in [9.17, 15) is 21.6 Å².